The van der Waals surface area contributed by atoms with Crippen molar-refractivity contribution in [1.29, 1.82) is 0 Å². The number of fused-ring (bicyclic) bond motifs is 2. The van der Waals surface area contributed by atoms with E-state index < -0.39 is 17.7 Å². The molecule has 0 spiro atoms. The summed E-state index contributed by atoms with van der Waals surface area (Å²) in [5.41, 5.74) is 6.28. The van der Waals surface area contributed by atoms with Crippen LogP contribution in [-0.2, 0) is 16.6 Å². The Bertz CT molecular complexity index is 2130. The Labute approximate surface area is 263 Å². The highest BCUT2D eigenvalue weighted by Crippen LogP contribution is 2.44. The van der Waals surface area contributed by atoms with E-state index in [1.807, 2.05) is 82.3 Å². The van der Waals surface area contributed by atoms with Crippen molar-refractivity contribution in [1.82, 2.24) is 14.5 Å². The van der Waals surface area contributed by atoms with Gasteiger partial charge < -0.3 is 14.4 Å². The van der Waals surface area contributed by atoms with Crippen LogP contribution in [0, 0.1) is 6.92 Å². The summed E-state index contributed by atoms with van der Waals surface area (Å²) in [6.07, 6.45) is 0.561. The summed E-state index contributed by atoms with van der Waals surface area (Å²) in [5, 5.41) is 12.7. The number of hydrogen-bond donors (Lipinski definition) is 1. The highest BCUT2D eigenvalue weighted by Gasteiger charge is 2.32. The summed E-state index contributed by atoms with van der Waals surface area (Å²) in [5.74, 6) is -1.06. The van der Waals surface area contributed by atoms with Crippen LogP contribution in [0.1, 0.15) is 38.0 Å². The number of aliphatic carboxylic acids is 1. The average molecular weight is 624 g/mol. The van der Waals surface area contributed by atoms with Crippen LogP contribution < -0.4 is 5.56 Å². The highest BCUT2D eigenvalue weighted by atomic mass is 35.5. The second kappa shape index (κ2) is 11.3. The second-order valence-electron chi connectivity index (χ2n) is 11.7. The Hall–Kier alpha value is -4.37. The van der Waals surface area contributed by atoms with Gasteiger partial charge in [0.15, 0.2) is 6.10 Å². The Morgan fingerprint density at radius 3 is 2.39 bits per heavy atom. The lowest BCUT2D eigenvalue weighted by atomic mass is 9.91. The number of aromatic nitrogens is 3. The first-order valence-corrected chi connectivity index (χ1v) is 15.3. The minimum atomic E-state index is -1.19. The molecule has 6 rings (SSSR count). The van der Waals surface area contributed by atoms with Gasteiger partial charge in [-0.3, -0.25) is 9.78 Å². The molecule has 3 heterocycles. The first-order valence-electron chi connectivity index (χ1n) is 14.1. The van der Waals surface area contributed by atoms with Gasteiger partial charge in [0, 0.05) is 46.6 Å². The van der Waals surface area contributed by atoms with E-state index in [-0.39, 0.29) is 5.56 Å². The smallest absolute Gasteiger partial charge is 0.337 e. The van der Waals surface area contributed by atoms with Crippen molar-refractivity contribution in [2.45, 2.75) is 39.4 Å². The van der Waals surface area contributed by atoms with Crippen LogP contribution in [0.5, 0.6) is 0 Å². The van der Waals surface area contributed by atoms with E-state index >= 15 is 0 Å². The minimum absolute atomic E-state index is 0.0740. The molecule has 1 atom stereocenters. The number of ether oxygens (including phenoxy) is 1. The number of nitrogens with zero attached hydrogens (tertiary/aromatic N) is 3. The summed E-state index contributed by atoms with van der Waals surface area (Å²) < 4.78 is 8.61. The van der Waals surface area contributed by atoms with Crippen LogP contribution in [0.4, 0.5) is 0 Å². The molecule has 0 amide bonds. The van der Waals surface area contributed by atoms with Gasteiger partial charge in [-0.25, -0.2) is 9.78 Å². The van der Waals surface area contributed by atoms with Gasteiger partial charge in [0.2, 0.25) is 0 Å². The molecular formula is C35H30ClN3O4S. The predicted octanol–water partition coefficient (Wildman–Crippen LogP) is 8.45. The molecule has 0 aliphatic rings. The highest BCUT2D eigenvalue weighted by molar-refractivity contribution is 7.22. The largest absolute Gasteiger partial charge is 0.479 e. The number of aryl methyl sites for hydroxylation is 2. The van der Waals surface area contributed by atoms with Crippen molar-refractivity contribution >= 4 is 50.0 Å². The number of carboxylic acid groups (broad SMARTS) is 1. The van der Waals surface area contributed by atoms with Crippen LogP contribution >= 0.6 is 22.9 Å². The summed E-state index contributed by atoms with van der Waals surface area (Å²) in [7, 11) is 1.76. The van der Waals surface area contributed by atoms with Gasteiger partial charge in [0.05, 0.1) is 27.0 Å². The van der Waals surface area contributed by atoms with Gasteiger partial charge in [-0.05, 0) is 86.7 Å². The summed E-state index contributed by atoms with van der Waals surface area (Å²) >= 11 is 7.73. The van der Waals surface area contributed by atoms with E-state index in [0.29, 0.717) is 10.6 Å². The molecular weight excluding hydrogens is 594 g/mol. The maximum absolute atomic E-state index is 12.6. The third-order valence-corrected chi connectivity index (χ3v) is 8.84. The van der Waals surface area contributed by atoms with Crippen molar-refractivity contribution in [3.63, 3.8) is 0 Å². The van der Waals surface area contributed by atoms with Crippen molar-refractivity contribution in [2.75, 3.05) is 0 Å². The second-order valence-corrected chi connectivity index (χ2v) is 13.2. The molecule has 0 aliphatic heterocycles. The molecule has 0 unspecified atom stereocenters. The molecule has 0 radical (unpaired) electrons. The molecule has 6 aromatic rings. The molecule has 0 saturated heterocycles. The predicted molar refractivity (Wildman–Crippen MR) is 177 cm³/mol. The van der Waals surface area contributed by atoms with E-state index in [2.05, 4.69) is 4.98 Å². The fraction of sp³-hybridized carbons (Fsp3) is 0.200. The minimum Gasteiger partial charge on any atom is -0.479 e. The third kappa shape index (κ3) is 5.64. The van der Waals surface area contributed by atoms with Crippen LogP contribution in [-0.4, -0.2) is 31.2 Å². The van der Waals surface area contributed by atoms with Crippen molar-refractivity contribution < 1.29 is 14.6 Å². The number of carbonyl (C=O) groups is 1. The maximum atomic E-state index is 12.6. The monoisotopic (exact) mass is 623 g/mol. The van der Waals surface area contributed by atoms with E-state index in [0.717, 1.165) is 59.6 Å². The number of hydrogen-bond acceptors (Lipinski definition) is 6. The molecule has 0 bridgehead atoms. The molecule has 0 aliphatic carbocycles. The van der Waals surface area contributed by atoms with Crippen LogP contribution in [0.2, 0.25) is 5.02 Å². The zero-order valence-corrected chi connectivity index (χ0v) is 26.5. The normalized spacial score (nSPS) is 12.6. The Morgan fingerprint density at radius 1 is 0.977 bits per heavy atom. The lowest BCUT2D eigenvalue weighted by Crippen LogP contribution is -2.28. The molecule has 0 fully saturated rings. The van der Waals surface area contributed by atoms with Crippen LogP contribution in [0.3, 0.4) is 0 Å². The number of pyridine rings is 2. The van der Waals surface area contributed by atoms with E-state index in [1.54, 1.807) is 36.0 Å². The number of thiazole rings is 1. The lowest BCUT2D eigenvalue weighted by Gasteiger charge is -2.28. The van der Waals surface area contributed by atoms with Crippen LogP contribution in [0.25, 0.3) is 54.1 Å². The zero-order chi connectivity index (χ0) is 31.3. The first kappa shape index (κ1) is 29.7. The summed E-state index contributed by atoms with van der Waals surface area (Å²) in [6, 6.07) is 22.5. The maximum Gasteiger partial charge on any atom is 0.337 e. The molecule has 9 heteroatoms. The summed E-state index contributed by atoms with van der Waals surface area (Å²) in [6.45, 7) is 7.44. The zero-order valence-electron chi connectivity index (χ0n) is 24.9. The fourth-order valence-electron chi connectivity index (χ4n) is 5.41. The molecule has 3 aromatic heterocycles. The van der Waals surface area contributed by atoms with Gasteiger partial charge in [-0.1, -0.05) is 35.9 Å². The van der Waals surface area contributed by atoms with Gasteiger partial charge in [0.25, 0.3) is 5.56 Å². The SMILES string of the molecule is Cc1cc2nc(-c3ccnc(-c4ccc5ccc(=O)n(C)c5c4)c3)sc2c(-c2ccc(Cl)cc2)c1[C@H](OC(C)(C)C)C(=O)O. The molecule has 222 valence electrons. The molecule has 3 aromatic carbocycles. The fourth-order valence-corrected chi connectivity index (χ4v) is 6.66. The Kier molecular flexibility index (Phi) is 7.61. The lowest BCUT2D eigenvalue weighted by molar-refractivity contribution is -0.160. The van der Waals surface area contributed by atoms with E-state index in [4.69, 9.17) is 21.3 Å². The standard InChI is InChI=1S/C35H30ClN3O4S/c1-19-16-26-32(30(21-8-11-24(36)12-9-21)29(19)31(34(41)42)43-35(2,3)4)44-33(38-26)23-14-15-37-25(17-23)22-7-6-20-10-13-28(40)39(5)27(20)18-22/h6-18,31H,1-5H3,(H,41,42)/t31-/m0/s1. The van der Waals surface area contributed by atoms with Crippen molar-refractivity contribution in [2.24, 2.45) is 7.05 Å². The van der Waals surface area contributed by atoms with Crippen molar-refractivity contribution in [3.05, 3.63) is 105 Å². The van der Waals surface area contributed by atoms with E-state index in [9.17, 15) is 14.7 Å². The molecule has 44 heavy (non-hydrogen) atoms. The number of halogens is 1. The van der Waals surface area contributed by atoms with E-state index in [1.165, 1.54) is 11.3 Å². The number of rotatable bonds is 6. The van der Waals surface area contributed by atoms with Crippen molar-refractivity contribution in [3.8, 4) is 33.0 Å². The molecule has 1 N–H and O–H groups in total. The number of carboxylic acids is 1. The topological polar surface area (TPSA) is 94.3 Å². The average Bonchev–Trinajstić information content (AvgIpc) is 3.41. The molecule has 0 saturated carbocycles. The first-order chi connectivity index (χ1) is 20.9. The third-order valence-electron chi connectivity index (χ3n) is 7.45. The van der Waals surface area contributed by atoms with Gasteiger partial charge >= 0.3 is 5.97 Å². The van der Waals surface area contributed by atoms with Gasteiger partial charge in [-0.15, -0.1) is 11.3 Å². The number of benzene rings is 3. The Balaban J connectivity index is 1.53. The van der Waals surface area contributed by atoms with Gasteiger partial charge in [-0.2, -0.15) is 0 Å². The van der Waals surface area contributed by atoms with Crippen LogP contribution in [0.15, 0.2) is 83.8 Å². The summed E-state index contributed by atoms with van der Waals surface area (Å²) in [4.78, 5) is 34.5. The Morgan fingerprint density at radius 2 is 1.68 bits per heavy atom. The quantitative estimate of drug-likeness (QED) is 0.200. The molecule has 7 nitrogen and oxygen atoms in total. The van der Waals surface area contributed by atoms with Gasteiger partial charge in [0.1, 0.15) is 5.01 Å².